The zero-order valence-corrected chi connectivity index (χ0v) is 17.4. The van der Waals surface area contributed by atoms with Crippen LogP contribution in [-0.2, 0) is 11.0 Å². The summed E-state index contributed by atoms with van der Waals surface area (Å²) in [6.45, 7) is 2.63. The number of carbonyl (C=O) groups excluding carboxylic acids is 2. The van der Waals surface area contributed by atoms with Crippen molar-refractivity contribution in [2.24, 2.45) is 0 Å². The molecule has 1 aliphatic heterocycles. The normalized spacial score (nSPS) is 15.3. The monoisotopic (exact) mass is 434 g/mol. The molecule has 0 spiro atoms. The van der Waals surface area contributed by atoms with Crippen molar-refractivity contribution in [1.29, 1.82) is 0 Å². The van der Waals surface area contributed by atoms with Gasteiger partial charge >= 0.3 is 6.18 Å². The lowest BCUT2D eigenvalue weighted by molar-refractivity contribution is -0.137. The lowest BCUT2D eigenvalue weighted by Gasteiger charge is -2.27. The van der Waals surface area contributed by atoms with E-state index in [1.165, 1.54) is 28.8 Å². The number of carbonyl (C=O) groups is 2. The summed E-state index contributed by atoms with van der Waals surface area (Å²) in [5.74, 6) is -0.473. The number of hydrogen-bond acceptors (Lipinski definition) is 3. The summed E-state index contributed by atoms with van der Waals surface area (Å²) in [4.78, 5) is 27.7. The van der Waals surface area contributed by atoms with Crippen molar-refractivity contribution in [3.8, 4) is 0 Å². The van der Waals surface area contributed by atoms with E-state index in [0.29, 0.717) is 28.3 Å². The Bertz CT molecular complexity index is 985. The minimum absolute atomic E-state index is 0.191. The highest BCUT2D eigenvalue weighted by Crippen LogP contribution is 2.42. The highest BCUT2D eigenvalue weighted by Gasteiger charge is 2.30. The average Bonchev–Trinajstić information content (AvgIpc) is 2.71. The summed E-state index contributed by atoms with van der Waals surface area (Å²) in [6.07, 6.45) is -0.964. The Balaban J connectivity index is 1.82. The average molecular weight is 434 g/mol. The maximum Gasteiger partial charge on any atom is 0.416 e. The first-order chi connectivity index (χ1) is 14.2. The molecular weight excluding hydrogens is 413 g/mol. The van der Waals surface area contributed by atoms with Gasteiger partial charge in [-0.15, -0.1) is 0 Å². The lowest BCUT2D eigenvalue weighted by atomic mass is 10.1. The number of nitrogens with one attached hydrogen (secondary N) is 1. The van der Waals surface area contributed by atoms with Crippen LogP contribution in [0, 0.1) is 0 Å². The van der Waals surface area contributed by atoms with Gasteiger partial charge in [-0.2, -0.15) is 13.2 Å². The molecule has 2 aromatic carbocycles. The van der Waals surface area contributed by atoms with Crippen LogP contribution in [0.25, 0.3) is 6.08 Å². The molecule has 0 saturated carbocycles. The molecule has 30 heavy (non-hydrogen) atoms. The Hall–Kier alpha value is -2.74. The van der Waals surface area contributed by atoms with Crippen LogP contribution in [-0.4, -0.2) is 25.4 Å². The number of rotatable bonds is 5. The van der Waals surface area contributed by atoms with Crippen LogP contribution in [0.3, 0.4) is 0 Å². The molecule has 8 heteroatoms. The first-order valence-electron chi connectivity index (χ1n) is 9.48. The van der Waals surface area contributed by atoms with Crippen molar-refractivity contribution in [3.05, 3.63) is 64.1 Å². The summed E-state index contributed by atoms with van der Waals surface area (Å²) in [6, 6.07) is 9.81. The van der Waals surface area contributed by atoms with Gasteiger partial charge < -0.3 is 10.2 Å². The summed E-state index contributed by atoms with van der Waals surface area (Å²) in [5.41, 5.74) is 0.861. The van der Waals surface area contributed by atoms with Gasteiger partial charge in [0, 0.05) is 24.1 Å². The number of thioether (sulfide) groups is 1. The van der Waals surface area contributed by atoms with E-state index >= 15 is 0 Å². The Morgan fingerprint density at radius 1 is 1.17 bits per heavy atom. The number of unbranched alkanes of at least 4 members (excludes halogenated alkanes) is 1. The van der Waals surface area contributed by atoms with Crippen molar-refractivity contribution < 1.29 is 22.8 Å². The molecule has 2 amide bonds. The van der Waals surface area contributed by atoms with Crippen LogP contribution in [0.2, 0.25) is 0 Å². The largest absolute Gasteiger partial charge is 0.416 e. The van der Waals surface area contributed by atoms with Gasteiger partial charge in [0.1, 0.15) is 0 Å². The van der Waals surface area contributed by atoms with Gasteiger partial charge in [-0.3, -0.25) is 9.59 Å². The smallest absolute Gasteiger partial charge is 0.352 e. The fourth-order valence-corrected chi connectivity index (χ4v) is 4.03. The molecule has 158 valence electrons. The Morgan fingerprint density at radius 2 is 1.87 bits per heavy atom. The van der Waals surface area contributed by atoms with Crippen LogP contribution < -0.4 is 10.2 Å². The van der Waals surface area contributed by atoms with Crippen LogP contribution in [0.1, 0.15) is 41.3 Å². The minimum atomic E-state index is -4.40. The van der Waals surface area contributed by atoms with Crippen LogP contribution >= 0.6 is 11.8 Å². The van der Waals surface area contributed by atoms with E-state index < -0.39 is 11.7 Å². The first kappa shape index (κ1) is 22.0. The van der Waals surface area contributed by atoms with Gasteiger partial charge in [0.05, 0.1) is 16.2 Å². The van der Waals surface area contributed by atoms with Crippen molar-refractivity contribution in [2.75, 3.05) is 18.5 Å². The third-order valence-electron chi connectivity index (χ3n) is 4.67. The second-order valence-corrected chi connectivity index (χ2v) is 7.97. The highest BCUT2D eigenvalue weighted by atomic mass is 32.2. The molecule has 0 radical (unpaired) electrons. The number of anilines is 1. The molecule has 2 aromatic rings. The molecule has 3 rings (SSSR count). The Kier molecular flexibility index (Phi) is 6.55. The number of halogens is 3. The van der Waals surface area contributed by atoms with E-state index in [9.17, 15) is 22.8 Å². The van der Waals surface area contributed by atoms with E-state index in [1.807, 2.05) is 6.92 Å². The summed E-state index contributed by atoms with van der Waals surface area (Å²) < 4.78 is 38.2. The number of fused-ring (bicyclic) bond motifs is 1. The highest BCUT2D eigenvalue weighted by molar-refractivity contribution is 8.04. The Labute approximate surface area is 177 Å². The van der Waals surface area contributed by atoms with Crippen molar-refractivity contribution in [3.63, 3.8) is 0 Å². The fourth-order valence-electron chi connectivity index (χ4n) is 2.94. The zero-order chi connectivity index (χ0) is 21.9. The lowest BCUT2D eigenvalue weighted by Crippen LogP contribution is -2.31. The minimum Gasteiger partial charge on any atom is -0.352 e. The number of amides is 2. The molecular formula is C22H21F3N2O2S. The van der Waals surface area contributed by atoms with E-state index in [0.717, 1.165) is 29.9 Å². The second-order valence-electron chi connectivity index (χ2n) is 6.89. The van der Waals surface area contributed by atoms with Crippen LogP contribution in [0.15, 0.2) is 52.3 Å². The summed E-state index contributed by atoms with van der Waals surface area (Å²) in [5, 5.41) is 2.85. The third kappa shape index (κ3) is 4.87. The Morgan fingerprint density at radius 3 is 2.50 bits per heavy atom. The summed E-state index contributed by atoms with van der Waals surface area (Å²) in [7, 11) is 1.61. The second kappa shape index (κ2) is 8.95. The van der Waals surface area contributed by atoms with E-state index in [4.69, 9.17) is 0 Å². The van der Waals surface area contributed by atoms with Gasteiger partial charge in [0.2, 0.25) is 0 Å². The number of nitrogens with zero attached hydrogens (tertiary/aromatic N) is 1. The quantitative estimate of drug-likeness (QED) is 0.510. The fraction of sp³-hybridized carbons (Fsp3) is 0.273. The molecule has 1 aliphatic rings. The van der Waals surface area contributed by atoms with Crippen molar-refractivity contribution in [1.82, 2.24) is 5.32 Å². The van der Waals surface area contributed by atoms with Gasteiger partial charge in [-0.1, -0.05) is 37.2 Å². The zero-order valence-electron chi connectivity index (χ0n) is 16.5. The molecule has 0 saturated heterocycles. The number of benzene rings is 2. The molecule has 0 fully saturated rings. The molecule has 1 heterocycles. The maximum atomic E-state index is 12.8. The molecule has 0 unspecified atom stereocenters. The van der Waals surface area contributed by atoms with Gasteiger partial charge in [0.15, 0.2) is 0 Å². The number of alkyl halides is 3. The van der Waals surface area contributed by atoms with Crippen LogP contribution in [0.5, 0.6) is 0 Å². The van der Waals surface area contributed by atoms with Gasteiger partial charge in [-0.25, -0.2) is 0 Å². The SMILES string of the molecule is CCCCNC(=O)c1ccc2c(c1)N(C)C(=O)C(=Cc1ccc(C(F)(F)F)cc1)S2. The predicted molar refractivity (Wildman–Crippen MR) is 112 cm³/mol. The van der Waals surface area contributed by atoms with E-state index in [-0.39, 0.29) is 11.8 Å². The molecule has 0 bridgehead atoms. The predicted octanol–water partition coefficient (Wildman–Crippen LogP) is 5.34. The van der Waals surface area contributed by atoms with Crippen LogP contribution in [0.4, 0.5) is 18.9 Å². The molecule has 1 N–H and O–H groups in total. The molecule has 0 aliphatic carbocycles. The molecule has 0 aromatic heterocycles. The standard InChI is InChI=1S/C22H21F3N2O2S/c1-3-4-11-26-20(28)15-7-10-18-17(13-15)27(2)21(29)19(30-18)12-14-5-8-16(9-6-14)22(23,24)25/h5-10,12-13H,3-4,11H2,1-2H3,(H,26,28). The van der Waals surface area contributed by atoms with Gasteiger partial charge in [0.25, 0.3) is 11.8 Å². The van der Waals surface area contributed by atoms with Crippen molar-refractivity contribution >= 4 is 35.3 Å². The number of likely N-dealkylation sites (N-methyl/N-ethyl adjacent to an activating group) is 1. The van der Waals surface area contributed by atoms with E-state index in [1.54, 1.807) is 31.3 Å². The van der Waals surface area contributed by atoms with Crippen molar-refractivity contribution in [2.45, 2.75) is 30.8 Å². The first-order valence-corrected chi connectivity index (χ1v) is 10.3. The van der Waals surface area contributed by atoms with E-state index in [2.05, 4.69) is 5.32 Å². The molecule has 0 atom stereocenters. The summed E-state index contributed by atoms with van der Waals surface area (Å²) >= 11 is 1.23. The number of hydrogen-bond donors (Lipinski definition) is 1. The topological polar surface area (TPSA) is 49.4 Å². The molecule has 4 nitrogen and oxygen atoms in total. The third-order valence-corrected chi connectivity index (χ3v) is 5.75. The maximum absolute atomic E-state index is 12.8. The van der Waals surface area contributed by atoms with Gasteiger partial charge in [-0.05, 0) is 48.4 Å².